The van der Waals surface area contributed by atoms with Crippen LogP contribution in [0.25, 0.3) is 0 Å². The number of nitrogens with one attached hydrogen (secondary N) is 2. The fourth-order valence-corrected chi connectivity index (χ4v) is 7.88. The predicted octanol–water partition coefficient (Wildman–Crippen LogP) is 0.765. The Bertz CT molecular complexity index is 1800. The summed E-state index contributed by atoms with van der Waals surface area (Å²) in [4.78, 5) is 74.6. The smallest absolute Gasteiger partial charge is 0.255 e. The standard InChI is InChI=1S/2C16H18N2O5S/c2*1-2-24(22,23)9-10-3-4-11-8-18(16(21)12(11)7-10)13-5-6-14(19)17-15(13)20/h2*3-4,7,13H,2,5-6,8-9H2,1H3,(H,17,19,20). The summed E-state index contributed by atoms with van der Waals surface area (Å²) in [6.45, 7) is 3.75. The van der Waals surface area contributed by atoms with E-state index in [1.54, 1.807) is 50.2 Å². The molecule has 0 aliphatic carbocycles. The number of carbonyl (C=O) groups excluding carboxylic acids is 6. The van der Waals surface area contributed by atoms with Crippen LogP contribution in [0.3, 0.4) is 0 Å². The van der Waals surface area contributed by atoms with Crippen LogP contribution in [0.2, 0.25) is 0 Å². The molecule has 2 saturated heterocycles. The molecule has 0 aromatic heterocycles. The normalized spacial score (nSPS) is 21.0. The maximum atomic E-state index is 12.6. The Hall–Kier alpha value is -4.44. The minimum Gasteiger partial charge on any atom is -0.322 e. The lowest BCUT2D eigenvalue weighted by Crippen LogP contribution is -2.52. The number of amides is 6. The van der Waals surface area contributed by atoms with Crippen LogP contribution in [0.15, 0.2) is 36.4 Å². The summed E-state index contributed by atoms with van der Waals surface area (Å²) in [6, 6.07) is 8.74. The van der Waals surface area contributed by atoms with E-state index in [9.17, 15) is 45.6 Å². The number of rotatable bonds is 8. The van der Waals surface area contributed by atoms with Gasteiger partial charge in [-0.1, -0.05) is 38.1 Å². The van der Waals surface area contributed by atoms with Gasteiger partial charge in [0.05, 0.1) is 11.5 Å². The third-order valence-corrected chi connectivity index (χ3v) is 12.1. The van der Waals surface area contributed by atoms with E-state index in [2.05, 4.69) is 10.6 Å². The van der Waals surface area contributed by atoms with E-state index in [4.69, 9.17) is 0 Å². The SMILES string of the molecule is CCS(=O)(=O)Cc1ccc2c(c1)C(=O)N(C1CCC(=O)NC1=O)C2.CCS(=O)(=O)Cc1ccc2c(c1)C(=O)N(C1CCC(=O)NC1=O)C2. The molecule has 0 radical (unpaired) electrons. The summed E-state index contributed by atoms with van der Waals surface area (Å²) in [6.07, 6.45) is 1.02. The summed E-state index contributed by atoms with van der Waals surface area (Å²) in [5.74, 6) is -2.29. The molecule has 2 aromatic carbocycles. The van der Waals surface area contributed by atoms with E-state index < -0.39 is 43.6 Å². The quantitative estimate of drug-likeness (QED) is 0.371. The molecule has 16 heteroatoms. The Morgan fingerprint density at radius 3 is 1.33 bits per heavy atom. The van der Waals surface area contributed by atoms with Crippen molar-refractivity contribution < 1.29 is 45.6 Å². The molecule has 0 saturated carbocycles. The molecule has 48 heavy (non-hydrogen) atoms. The van der Waals surface area contributed by atoms with Crippen LogP contribution < -0.4 is 10.6 Å². The molecule has 0 bridgehead atoms. The van der Waals surface area contributed by atoms with Crippen molar-refractivity contribution in [3.8, 4) is 0 Å². The molecule has 6 rings (SSSR count). The molecule has 4 aliphatic heterocycles. The van der Waals surface area contributed by atoms with Crippen molar-refractivity contribution >= 4 is 55.1 Å². The van der Waals surface area contributed by atoms with E-state index in [-0.39, 0.29) is 59.5 Å². The van der Waals surface area contributed by atoms with Crippen molar-refractivity contribution in [1.29, 1.82) is 0 Å². The molecule has 4 heterocycles. The largest absolute Gasteiger partial charge is 0.322 e. The van der Waals surface area contributed by atoms with Gasteiger partial charge in [0.25, 0.3) is 11.8 Å². The molecule has 4 aliphatic rings. The molecule has 14 nitrogen and oxygen atoms in total. The molecule has 2 aromatic rings. The van der Waals surface area contributed by atoms with Crippen LogP contribution >= 0.6 is 0 Å². The van der Waals surface area contributed by atoms with Crippen molar-refractivity contribution in [3.05, 3.63) is 69.8 Å². The first-order valence-electron chi connectivity index (χ1n) is 15.5. The summed E-state index contributed by atoms with van der Waals surface area (Å²) in [5.41, 5.74) is 3.53. The fourth-order valence-electron chi connectivity index (χ4n) is 6.10. The lowest BCUT2D eigenvalue weighted by molar-refractivity contribution is -0.138. The zero-order valence-corrected chi connectivity index (χ0v) is 28.1. The fraction of sp³-hybridized carbons (Fsp3) is 0.438. The first-order chi connectivity index (χ1) is 22.6. The molecule has 2 fully saturated rings. The summed E-state index contributed by atoms with van der Waals surface area (Å²) < 4.78 is 47.0. The number of piperidine rings is 2. The average molecular weight is 701 g/mol. The Labute approximate surface area is 278 Å². The topological polar surface area (TPSA) is 201 Å². The Kier molecular flexibility index (Phi) is 9.87. The van der Waals surface area contributed by atoms with Gasteiger partial charge in [-0.05, 0) is 47.2 Å². The number of carbonyl (C=O) groups is 6. The average Bonchev–Trinajstić information content (AvgIpc) is 3.52. The number of benzene rings is 2. The van der Waals surface area contributed by atoms with Crippen molar-refractivity contribution in [2.75, 3.05) is 11.5 Å². The first-order valence-corrected chi connectivity index (χ1v) is 19.2. The Morgan fingerprint density at radius 2 is 1.00 bits per heavy atom. The highest BCUT2D eigenvalue weighted by Crippen LogP contribution is 2.30. The van der Waals surface area contributed by atoms with Gasteiger partial charge >= 0.3 is 0 Å². The number of sulfone groups is 2. The number of hydrogen-bond acceptors (Lipinski definition) is 10. The van der Waals surface area contributed by atoms with Crippen molar-refractivity contribution in [3.63, 3.8) is 0 Å². The highest BCUT2D eigenvalue weighted by atomic mass is 32.2. The van der Waals surface area contributed by atoms with Gasteiger partial charge in [-0.25, -0.2) is 16.8 Å². The Morgan fingerprint density at radius 1 is 0.625 bits per heavy atom. The first kappa shape index (κ1) is 34.9. The summed E-state index contributed by atoms with van der Waals surface area (Å²) in [5, 5.41) is 4.51. The van der Waals surface area contributed by atoms with Gasteiger partial charge in [-0.3, -0.25) is 39.4 Å². The second-order valence-corrected chi connectivity index (χ2v) is 16.8. The lowest BCUT2D eigenvalue weighted by atomic mass is 10.0. The van der Waals surface area contributed by atoms with E-state index in [0.717, 1.165) is 11.1 Å². The van der Waals surface area contributed by atoms with Gasteiger partial charge < -0.3 is 9.80 Å². The maximum Gasteiger partial charge on any atom is 0.255 e. The van der Waals surface area contributed by atoms with Crippen LogP contribution in [0.1, 0.15) is 82.5 Å². The lowest BCUT2D eigenvalue weighted by Gasteiger charge is -2.29. The van der Waals surface area contributed by atoms with Gasteiger partial charge in [0.2, 0.25) is 23.6 Å². The second-order valence-electron chi connectivity index (χ2n) is 12.1. The molecular weight excluding hydrogens is 665 g/mol. The van der Waals surface area contributed by atoms with Crippen LogP contribution in [0.4, 0.5) is 0 Å². The molecule has 2 N–H and O–H groups in total. The third-order valence-electron chi connectivity index (χ3n) is 8.84. The zero-order valence-electron chi connectivity index (χ0n) is 26.5. The van der Waals surface area contributed by atoms with Gasteiger partial charge in [0, 0.05) is 48.6 Å². The van der Waals surface area contributed by atoms with Gasteiger partial charge in [-0.15, -0.1) is 0 Å². The monoisotopic (exact) mass is 700 g/mol. The number of imide groups is 2. The molecule has 2 unspecified atom stereocenters. The van der Waals surface area contributed by atoms with E-state index >= 15 is 0 Å². The molecule has 2 atom stereocenters. The molecular formula is C32H36N4O10S2. The number of hydrogen-bond donors (Lipinski definition) is 2. The summed E-state index contributed by atoms with van der Waals surface area (Å²) in [7, 11) is -6.37. The minimum atomic E-state index is -3.18. The van der Waals surface area contributed by atoms with Gasteiger partial charge in [-0.2, -0.15) is 0 Å². The second kappa shape index (κ2) is 13.6. The van der Waals surface area contributed by atoms with Gasteiger partial charge in [0.1, 0.15) is 12.1 Å². The van der Waals surface area contributed by atoms with E-state index in [1.165, 1.54) is 9.80 Å². The minimum absolute atomic E-state index is 0.0421. The summed E-state index contributed by atoms with van der Waals surface area (Å²) >= 11 is 0. The van der Waals surface area contributed by atoms with Crippen LogP contribution in [0, 0.1) is 0 Å². The molecule has 256 valence electrons. The highest BCUT2D eigenvalue weighted by molar-refractivity contribution is 7.90. The maximum absolute atomic E-state index is 12.6. The predicted molar refractivity (Wildman–Crippen MR) is 171 cm³/mol. The molecule has 6 amide bonds. The van der Waals surface area contributed by atoms with Crippen molar-refractivity contribution in [2.45, 2.75) is 76.2 Å². The van der Waals surface area contributed by atoms with Crippen LogP contribution in [-0.2, 0) is 63.4 Å². The zero-order chi connectivity index (χ0) is 35.0. The van der Waals surface area contributed by atoms with E-state index in [0.29, 0.717) is 48.2 Å². The van der Waals surface area contributed by atoms with Gasteiger partial charge in [0.15, 0.2) is 19.7 Å². The highest BCUT2D eigenvalue weighted by Gasteiger charge is 2.40. The van der Waals surface area contributed by atoms with Crippen LogP contribution in [0.5, 0.6) is 0 Å². The number of nitrogens with zero attached hydrogens (tertiary/aromatic N) is 2. The Balaban J connectivity index is 0.000000188. The van der Waals surface area contributed by atoms with E-state index in [1.807, 2.05) is 0 Å². The van der Waals surface area contributed by atoms with Crippen molar-refractivity contribution in [2.24, 2.45) is 0 Å². The van der Waals surface area contributed by atoms with Crippen molar-refractivity contribution in [1.82, 2.24) is 20.4 Å². The molecule has 0 spiro atoms. The third kappa shape index (κ3) is 7.49. The van der Waals surface area contributed by atoms with Crippen LogP contribution in [-0.4, -0.2) is 85.7 Å². The number of fused-ring (bicyclic) bond motifs is 2.